The summed E-state index contributed by atoms with van der Waals surface area (Å²) in [6, 6.07) is 2.68. The summed E-state index contributed by atoms with van der Waals surface area (Å²) in [5.41, 5.74) is 0.831. The third kappa shape index (κ3) is 4.54. The van der Waals surface area contributed by atoms with Crippen LogP contribution in [0.3, 0.4) is 0 Å². The van der Waals surface area contributed by atoms with E-state index in [1.165, 1.54) is 0 Å². The van der Waals surface area contributed by atoms with Gasteiger partial charge in [0.15, 0.2) is 5.78 Å². The molecule has 3 nitrogen and oxygen atoms in total. The van der Waals surface area contributed by atoms with Gasteiger partial charge in [0.05, 0.1) is 11.7 Å². The monoisotopic (exact) mass is 220 g/mol. The molecule has 0 N–H and O–H groups in total. The zero-order chi connectivity index (χ0) is 12.0. The molecule has 0 atom stereocenters. The predicted molar refractivity (Wildman–Crippen MR) is 65.7 cm³/mol. The van der Waals surface area contributed by atoms with Crippen LogP contribution in [0.2, 0.25) is 0 Å². The van der Waals surface area contributed by atoms with Crippen LogP contribution in [0.4, 0.5) is 0 Å². The van der Waals surface area contributed by atoms with E-state index in [0.717, 1.165) is 31.5 Å². The van der Waals surface area contributed by atoms with Crippen LogP contribution in [0, 0.1) is 5.41 Å². The van der Waals surface area contributed by atoms with Crippen molar-refractivity contribution in [1.82, 2.24) is 0 Å². The highest BCUT2D eigenvalue weighted by Crippen LogP contribution is 2.33. The van der Waals surface area contributed by atoms with Gasteiger partial charge in [-0.25, -0.2) is 4.99 Å². The van der Waals surface area contributed by atoms with Crippen molar-refractivity contribution in [3.05, 3.63) is 11.8 Å². The van der Waals surface area contributed by atoms with Gasteiger partial charge in [-0.2, -0.15) is 4.99 Å². The van der Waals surface area contributed by atoms with Crippen molar-refractivity contribution >= 4 is 11.8 Å². The molecule has 0 radical (unpaired) electrons. The van der Waals surface area contributed by atoms with Gasteiger partial charge in [0.2, 0.25) is 0 Å². The fraction of sp³-hybridized carbons (Fsp3) is 0.692. The molecule has 0 saturated carbocycles. The van der Waals surface area contributed by atoms with Crippen molar-refractivity contribution in [1.29, 1.82) is 0 Å². The first kappa shape index (κ1) is 12.9. The maximum absolute atomic E-state index is 11.4. The van der Waals surface area contributed by atoms with Gasteiger partial charge < -0.3 is 0 Å². The Morgan fingerprint density at radius 2 is 2.19 bits per heavy atom. The molecule has 88 valence electrons. The predicted octanol–water partition coefficient (Wildman–Crippen LogP) is 3.23. The zero-order valence-electron chi connectivity index (χ0n) is 10.4. The number of carbonyl (C=O) groups is 1. The van der Waals surface area contributed by atoms with E-state index in [1.807, 2.05) is 0 Å². The lowest BCUT2D eigenvalue weighted by atomic mass is 9.79. The number of nitrogens with zero attached hydrogens (tertiary/aromatic N) is 2. The third-order valence-corrected chi connectivity index (χ3v) is 2.53. The molecule has 0 aromatic carbocycles. The summed E-state index contributed by atoms with van der Waals surface area (Å²) >= 11 is 0. The molecule has 0 aliphatic heterocycles. The number of allylic oxidation sites excluding steroid dienone is 2. The average molecular weight is 220 g/mol. The SMILES string of the molecule is CCCCN=C=NC1=CC(=O)CC(C)(C)C1. The summed E-state index contributed by atoms with van der Waals surface area (Å²) < 4.78 is 0. The van der Waals surface area contributed by atoms with E-state index in [9.17, 15) is 4.79 Å². The van der Waals surface area contributed by atoms with E-state index in [-0.39, 0.29) is 11.2 Å². The number of unbranched alkanes of at least 4 members (excludes halogenated alkanes) is 1. The number of hydrogen-bond acceptors (Lipinski definition) is 3. The van der Waals surface area contributed by atoms with E-state index in [0.29, 0.717) is 6.42 Å². The number of ketones is 1. The van der Waals surface area contributed by atoms with Gasteiger partial charge in [-0.1, -0.05) is 27.2 Å². The number of rotatable bonds is 4. The van der Waals surface area contributed by atoms with Gasteiger partial charge in [-0.3, -0.25) is 4.79 Å². The van der Waals surface area contributed by atoms with E-state index in [2.05, 4.69) is 36.8 Å². The van der Waals surface area contributed by atoms with E-state index in [4.69, 9.17) is 0 Å². The van der Waals surface area contributed by atoms with Crippen LogP contribution in [-0.4, -0.2) is 18.3 Å². The van der Waals surface area contributed by atoms with Gasteiger partial charge in [-0.05, 0) is 18.3 Å². The average Bonchev–Trinajstić information content (AvgIpc) is 2.14. The normalized spacial score (nSPS) is 18.7. The molecule has 0 heterocycles. The molecule has 1 rings (SSSR count). The van der Waals surface area contributed by atoms with E-state index >= 15 is 0 Å². The molecular formula is C13H20N2O. The van der Waals surface area contributed by atoms with E-state index in [1.54, 1.807) is 6.08 Å². The van der Waals surface area contributed by atoms with Crippen molar-refractivity contribution in [2.75, 3.05) is 6.54 Å². The highest BCUT2D eigenvalue weighted by molar-refractivity contribution is 5.91. The maximum atomic E-state index is 11.4. The lowest BCUT2D eigenvalue weighted by Crippen LogP contribution is -2.21. The molecule has 1 aliphatic rings. The molecule has 0 aromatic rings. The van der Waals surface area contributed by atoms with Crippen LogP contribution in [-0.2, 0) is 4.79 Å². The molecule has 3 heteroatoms. The van der Waals surface area contributed by atoms with Crippen LogP contribution >= 0.6 is 0 Å². The van der Waals surface area contributed by atoms with Gasteiger partial charge >= 0.3 is 0 Å². The molecule has 0 unspecified atom stereocenters. The molecule has 0 aromatic heterocycles. The molecule has 0 bridgehead atoms. The Balaban J connectivity index is 2.60. The second-order valence-electron chi connectivity index (χ2n) is 5.07. The van der Waals surface area contributed by atoms with Crippen LogP contribution in [0.1, 0.15) is 46.5 Å². The lowest BCUT2D eigenvalue weighted by Gasteiger charge is -2.26. The Bertz CT molecular complexity index is 347. The van der Waals surface area contributed by atoms with Crippen molar-refractivity contribution in [2.24, 2.45) is 15.4 Å². The summed E-state index contributed by atoms with van der Waals surface area (Å²) in [6.07, 6.45) is 5.24. The fourth-order valence-electron chi connectivity index (χ4n) is 1.77. The van der Waals surface area contributed by atoms with Crippen LogP contribution in [0.25, 0.3) is 0 Å². The van der Waals surface area contributed by atoms with Crippen molar-refractivity contribution < 1.29 is 4.79 Å². The maximum Gasteiger partial charge on any atom is 0.158 e. The van der Waals surface area contributed by atoms with E-state index < -0.39 is 0 Å². The quantitative estimate of drug-likeness (QED) is 0.529. The molecule has 0 spiro atoms. The topological polar surface area (TPSA) is 41.8 Å². The Labute approximate surface area is 97.4 Å². The van der Waals surface area contributed by atoms with Gasteiger partial charge in [-0.15, -0.1) is 0 Å². The minimum absolute atomic E-state index is 0.0236. The van der Waals surface area contributed by atoms with Crippen LogP contribution in [0.5, 0.6) is 0 Å². The second kappa shape index (κ2) is 5.76. The van der Waals surface area contributed by atoms with Crippen LogP contribution in [0.15, 0.2) is 21.8 Å². The molecular weight excluding hydrogens is 200 g/mol. The third-order valence-electron chi connectivity index (χ3n) is 2.53. The highest BCUT2D eigenvalue weighted by atomic mass is 16.1. The smallest absolute Gasteiger partial charge is 0.158 e. The molecule has 0 saturated heterocycles. The zero-order valence-corrected chi connectivity index (χ0v) is 10.4. The summed E-state index contributed by atoms with van der Waals surface area (Å²) in [4.78, 5) is 19.6. The van der Waals surface area contributed by atoms with Gasteiger partial charge in [0, 0.05) is 19.0 Å². The summed E-state index contributed by atoms with van der Waals surface area (Å²) in [6.45, 7) is 7.06. The largest absolute Gasteiger partial charge is 0.295 e. The lowest BCUT2D eigenvalue weighted by molar-refractivity contribution is -0.117. The molecule has 0 amide bonds. The summed E-state index contributed by atoms with van der Waals surface area (Å²) in [5, 5.41) is 0. The van der Waals surface area contributed by atoms with Crippen molar-refractivity contribution in [2.45, 2.75) is 46.5 Å². The first-order valence-corrected chi connectivity index (χ1v) is 5.89. The minimum atomic E-state index is 0.0236. The Hall–Kier alpha value is -1.21. The first-order valence-electron chi connectivity index (χ1n) is 5.89. The molecule has 0 fully saturated rings. The Kier molecular flexibility index (Phi) is 4.63. The standard InChI is InChI=1S/C13H20N2O/c1-4-5-6-14-10-15-11-7-12(16)9-13(2,3)8-11/h7H,4-6,8-9H2,1-3H3. The second-order valence-corrected chi connectivity index (χ2v) is 5.07. The number of carbonyl (C=O) groups excluding carboxylic acids is 1. The molecule has 16 heavy (non-hydrogen) atoms. The number of aliphatic imine (C=N–C) groups is 2. The van der Waals surface area contributed by atoms with Gasteiger partial charge in [0.1, 0.15) is 0 Å². The van der Waals surface area contributed by atoms with Crippen molar-refractivity contribution in [3.63, 3.8) is 0 Å². The Morgan fingerprint density at radius 1 is 1.44 bits per heavy atom. The first-order chi connectivity index (χ1) is 7.53. The van der Waals surface area contributed by atoms with Crippen molar-refractivity contribution in [3.8, 4) is 0 Å². The summed E-state index contributed by atoms with van der Waals surface area (Å²) in [5.74, 6) is 0.158. The number of hydrogen-bond donors (Lipinski definition) is 0. The minimum Gasteiger partial charge on any atom is -0.295 e. The Morgan fingerprint density at radius 3 is 2.81 bits per heavy atom. The summed E-state index contributed by atoms with van der Waals surface area (Å²) in [7, 11) is 0. The van der Waals surface area contributed by atoms with Gasteiger partial charge in [0.25, 0.3) is 0 Å². The van der Waals surface area contributed by atoms with Crippen LogP contribution < -0.4 is 0 Å². The fourth-order valence-corrected chi connectivity index (χ4v) is 1.77. The molecule has 1 aliphatic carbocycles. The highest BCUT2D eigenvalue weighted by Gasteiger charge is 2.27.